The van der Waals surface area contributed by atoms with Gasteiger partial charge in [-0.05, 0) is 70.4 Å². The number of hydrogen-bond acceptors (Lipinski definition) is 4. The molecule has 2 saturated heterocycles. The first kappa shape index (κ1) is 21.6. The molecule has 0 spiro atoms. The van der Waals surface area contributed by atoms with Crippen LogP contribution in [0.4, 0.5) is 5.69 Å². The van der Waals surface area contributed by atoms with E-state index in [1.165, 1.54) is 56.8 Å². The van der Waals surface area contributed by atoms with E-state index >= 15 is 0 Å². The number of benzene rings is 1. The molecule has 158 valence electrons. The summed E-state index contributed by atoms with van der Waals surface area (Å²) in [6.07, 6.45) is 2.61. The fourth-order valence-corrected chi connectivity index (χ4v) is 4.78. The Morgan fingerprint density at radius 2 is 1.50 bits per heavy atom. The lowest BCUT2D eigenvalue weighted by Crippen LogP contribution is -2.48. The third-order valence-corrected chi connectivity index (χ3v) is 6.58. The number of likely N-dealkylation sites (tertiary alicyclic amines) is 1. The Bertz CT molecular complexity index is 567. The molecule has 0 saturated carbocycles. The molecule has 0 radical (unpaired) electrons. The lowest BCUT2D eigenvalue weighted by molar-refractivity contribution is 0.115. The van der Waals surface area contributed by atoms with Crippen molar-refractivity contribution in [3.63, 3.8) is 0 Å². The lowest BCUT2D eigenvalue weighted by atomic mass is 10.0. The SMILES string of the molecule is CC(C)CN1CCC(N(C)Cc2ccc(N3CCN(C(C)C)CC3)cc2)CC1. The second kappa shape index (κ2) is 10.1. The van der Waals surface area contributed by atoms with Crippen molar-refractivity contribution in [1.29, 1.82) is 0 Å². The maximum absolute atomic E-state index is 2.64. The zero-order valence-corrected chi connectivity index (χ0v) is 18.9. The van der Waals surface area contributed by atoms with Crippen molar-refractivity contribution in [2.45, 2.75) is 59.2 Å². The summed E-state index contributed by atoms with van der Waals surface area (Å²) < 4.78 is 0. The van der Waals surface area contributed by atoms with E-state index < -0.39 is 0 Å². The van der Waals surface area contributed by atoms with Gasteiger partial charge in [-0.25, -0.2) is 0 Å². The zero-order chi connectivity index (χ0) is 20.1. The second-order valence-electron chi connectivity index (χ2n) is 9.62. The molecule has 1 aromatic carbocycles. The topological polar surface area (TPSA) is 13.0 Å². The summed E-state index contributed by atoms with van der Waals surface area (Å²) in [6.45, 7) is 18.7. The molecular weight excluding hydrogens is 344 g/mol. The van der Waals surface area contributed by atoms with Gasteiger partial charge in [-0.3, -0.25) is 9.80 Å². The number of anilines is 1. The third-order valence-electron chi connectivity index (χ3n) is 6.58. The van der Waals surface area contributed by atoms with Crippen molar-refractivity contribution in [3.05, 3.63) is 29.8 Å². The highest BCUT2D eigenvalue weighted by Gasteiger charge is 2.23. The van der Waals surface area contributed by atoms with E-state index in [4.69, 9.17) is 0 Å². The van der Waals surface area contributed by atoms with Gasteiger partial charge in [0.1, 0.15) is 0 Å². The van der Waals surface area contributed by atoms with Crippen molar-refractivity contribution in [1.82, 2.24) is 14.7 Å². The van der Waals surface area contributed by atoms with E-state index in [1.54, 1.807) is 0 Å². The van der Waals surface area contributed by atoms with Gasteiger partial charge in [0.2, 0.25) is 0 Å². The minimum absolute atomic E-state index is 0.664. The quantitative estimate of drug-likeness (QED) is 0.707. The Labute approximate surface area is 173 Å². The highest BCUT2D eigenvalue weighted by molar-refractivity contribution is 5.48. The average molecular weight is 387 g/mol. The van der Waals surface area contributed by atoms with Crippen LogP contribution in [0.5, 0.6) is 0 Å². The van der Waals surface area contributed by atoms with Crippen molar-refractivity contribution in [2.24, 2.45) is 5.92 Å². The van der Waals surface area contributed by atoms with Crippen LogP contribution in [0.1, 0.15) is 46.1 Å². The molecule has 0 amide bonds. The van der Waals surface area contributed by atoms with E-state index in [2.05, 4.69) is 78.6 Å². The summed E-state index contributed by atoms with van der Waals surface area (Å²) in [5, 5.41) is 0. The van der Waals surface area contributed by atoms with Crippen LogP contribution in [0.25, 0.3) is 0 Å². The Hall–Kier alpha value is -1.10. The molecule has 28 heavy (non-hydrogen) atoms. The van der Waals surface area contributed by atoms with E-state index in [0.29, 0.717) is 6.04 Å². The molecule has 0 atom stereocenters. The van der Waals surface area contributed by atoms with Gasteiger partial charge in [0.05, 0.1) is 0 Å². The van der Waals surface area contributed by atoms with Gasteiger partial charge in [-0.15, -0.1) is 0 Å². The van der Waals surface area contributed by atoms with Crippen LogP contribution >= 0.6 is 0 Å². The molecule has 4 heteroatoms. The molecule has 4 nitrogen and oxygen atoms in total. The molecular formula is C24H42N4. The molecule has 2 aliphatic rings. The summed E-state index contributed by atoms with van der Waals surface area (Å²) in [7, 11) is 2.31. The first-order valence-corrected chi connectivity index (χ1v) is 11.4. The van der Waals surface area contributed by atoms with Crippen LogP contribution in [0.15, 0.2) is 24.3 Å². The Morgan fingerprint density at radius 3 is 2.04 bits per heavy atom. The van der Waals surface area contributed by atoms with Gasteiger partial charge < -0.3 is 9.80 Å². The number of hydrogen-bond donors (Lipinski definition) is 0. The average Bonchev–Trinajstić information content (AvgIpc) is 2.69. The minimum atomic E-state index is 0.664. The Balaban J connectivity index is 1.45. The molecule has 1 aromatic rings. The van der Waals surface area contributed by atoms with Crippen molar-refractivity contribution >= 4 is 5.69 Å². The molecule has 0 aromatic heterocycles. The first-order valence-electron chi connectivity index (χ1n) is 11.4. The number of nitrogens with zero attached hydrogens (tertiary/aromatic N) is 4. The summed E-state index contributed by atoms with van der Waals surface area (Å²) in [5.74, 6) is 0.779. The monoisotopic (exact) mass is 386 g/mol. The molecule has 2 heterocycles. The van der Waals surface area contributed by atoms with Crippen LogP contribution < -0.4 is 4.90 Å². The van der Waals surface area contributed by atoms with E-state index in [1.807, 2.05) is 0 Å². The van der Waals surface area contributed by atoms with Crippen molar-refractivity contribution < 1.29 is 0 Å². The van der Waals surface area contributed by atoms with Crippen LogP contribution in [-0.2, 0) is 6.54 Å². The van der Waals surface area contributed by atoms with Crippen LogP contribution in [-0.4, -0.2) is 79.6 Å². The van der Waals surface area contributed by atoms with Crippen molar-refractivity contribution in [3.8, 4) is 0 Å². The van der Waals surface area contributed by atoms with Gasteiger partial charge in [0.25, 0.3) is 0 Å². The van der Waals surface area contributed by atoms with Crippen LogP contribution in [0, 0.1) is 5.92 Å². The third kappa shape index (κ3) is 5.95. The van der Waals surface area contributed by atoms with E-state index in [9.17, 15) is 0 Å². The summed E-state index contributed by atoms with van der Waals surface area (Å²) in [4.78, 5) is 10.3. The minimum Gasteiger partial charge on any atom is -0.369 e. The molecule has 2 fully saturated rings. The van der Waals surface area contributed by atoms with Gasteiger partial charge in [0.15, 0.2) is 0 Å². The fraction of sp³-hybridized carbons (Fsp3) is 0.750. The summed E-state index contributed by atoms with van der Waals surface area (Å²) >= 11 is 0. The summed E-state index contributed by atoms with van der Waals surface area (Å²) in [5.41, 5.74) is 2.83. The molecule has 0 N–H and O–H groups in total. The largest absolute Gasteiger partial charge is 0.369 e. The highest BCUT2D eigenvalue weighted by Crippen LogP contribution is 2.21. The zero-order valence-electron chi connectivity index (χ0n) is 18.9. The molecule has 0 bridgehead atoms. The predicted molar refractivity (Wildman–Crippen MR) is 121 cm³/mol. The lowest BCUT2D eigenvalue weighted by Gasteiger charge is -2.38. The van der Waals surface area contributed by atoms with Crippen molar-refractivity contribution in [2.75, 3.05) is 57.8 Å². The predicted octanol–water partition coefficient (Wildman–Crippen LogP) is 3.77. The summed E-state index contributed by atoms with van der Waals surface area (Å²) in [6, 6.07) is 10.7. The highest BCUT2D eigenvalue weighted by atomic mass is 15.3. The van der Waals surface area contributed by atoms with Gasteiger partial charge >= 0.3 is 0 Å². The maximum atomic E-state index is 2.64. The number of rotatable bonds is 7. The van der Waals surface area contributed by atoms with Crippen LogP contribution in [0.3, 0.4) is 0 Å². The van der Waals surface area contributed by atoms with E-state index in [-0.39, 0.29) is 0 Å². The number of piperazine rings is 1. The smallest absolute Gasteiger partial charge is 0.0367 e. The Kier molecular flexibility index (Phi) is 7.78. The Morgan fingerprint density at radius 1 is 0.893 bits per heavy atom. The normalized spacial score (nSPS) is 20.6. The molecule has 2 aliphatic heterocycles. The van der Waals surface area contributed by atoms with Gasteiger partial charge in [-0.1, -0.05) is 26.0 Å². The van der Waals surface area contributed by atoms with Gasteiger partial charge in [-0.2, -0.15) is 0 Å². The molecule has 3 rings (SSSR count). The van der Waals surface area contributed by atoms with Crippen LogP contribution in [0.2, 0.25) is 0 Å². The first-order chi connectivity index (χ1) is 13.4. The second-order valence-corrected chi connectivity index (χ2v) is 9.62. The fourth-order valence-electron chi connectivity index (χ4n) is 4.78. The molecule has 0 unspecified atom stereocenters. The van der Waals surface area contributed by atoms with E-state index in [0.717, 1.165) is 31.6 Å². The standard InChI is InChI=1S/C24H42N4/c1-20(2)18-26-12-10-23(11-13-26)25(5)19-22-6-8-24(9-7-22)28-16-14-27(15-17-28)21(3)4/h6-9,20-21,23H,10-19H2,1-5H3. The van der Waals surface area contributed by atoms with Gasteiger partial charge in [0, 0.05) is 57.0 Å². The number of piperidine rings is 1. The molecule has 0 aliphatic carbocycles. The maximum Gasteiger partial charge on any atom is 0.0367 e.